The van der Waals surface area contributed by atoms with E-state index >= 15 is 0 Å². The van der Waals surface area contributed by atoms with Gasteiger partial charge in [-0.3, -0.25) is 0 Å². The minimum Gasteiger partial charge on any atom is -0.499 e. The monoisotopic (exact) mass is 573 g/mol. The first-order chi connectivity index (χ1) is 19.8. The maximum absolute atomic E-state index is 11.6. The third-order valence-corrected chi connectivity index (χ3v) is 4.80. The number of carbonyl (C=O) groups is 1. The lowest BCUT2D eigenvalue weighted by Crippen LogP contribution is -2.28. The summed E-state index contributed by atoms with van der Waals surface area (Å²) in [6, 6.07) is 9.50. The first-order valence-corrected chi connectivity index (χ1v) is 13.6. The van der Waals surface area contributed by atoms with Gasteiger partial charge in [0, 0.05) is 6.54 Å². The summed E-state index contributed by atoms with van der Waals surface area (Å²) in [5.41, 5.74) is 0.939. The van der Waals surface area contributed by atoms with Gasteiger partial charge in [0.15, 0.2) is 0 Å². The number of rotatable bonds is 30. The number of hydrogen-bond donors (Lipinski definition) is 1. The summed E-state index contributed by atoms with van der Waals surface area (Å²) >= 11 is 0. The van der Waals surface area contributed by atoms with Crippen molar-refractivity contribution in [3.8, 4) is 0 Å². The SMILES string of the molecule is C=COCCOCCOCCOCCOCCOCCOCCOCCOCCNC(=O)OCc1ccccc1. The van der Waals surface area contributed by atoms with Crippen molar-refractivity contribution >= 4 is 6.09 Å². The third-order valence-electron chi connectivity index (χ3n) is 4.80. The highest BCUT2D eigenvalue weighted by atomic mass is 16.6. The zero-order chi connectivity index (χ0) is 28.6. The van der Waals surface area contributed by atoms with E-state index in [0.29, 0.717) is 119 Å². The standard InChI is InChI=1S/C28H47NO11/c1-2-31-10-11-33-14-15-35-18-19-37-22-23-39-25-24-38-21-20-36-17-16-34-13-12-32-9-8-29-28(30)40-26-27-6-4-3-5-7-27/h2-7H,1,8-26H2,(H,29,30). The van der Waals surface area contributed by atoms with Crippen LogP contribution in [-0.2, 0) is 54.0 Å². The molecule has 0 heterocycles. The van der Waals surface area contributed by atoms with E-state index in [1.54, 1.807) is 0 Å². The van der Waals surface area contributed by atoms with Gasteiger partial charge in [0.25, 0.3) is 0 Å². The summed E-state index contributed by atoms with van der Waals surface area (Å²) in [6.07, 6.45) is 0.925. The van der Waals surface area contributed by atoms with Crippen molar-refractivity contribution in [3.63, 3.8) is 0 Å². The van der Waals surface area contributed by atoms with Crippen molar-refractivity contribution in [2.45, 2.75) is 6.61 Å². The molecule has 0 radical (unpaired) electrons. The Morgan fingerprint density at radius 2 is 0.950 bits per heavy atom. The van der Waals surface area contributed by atoms with E-state index in [9.17, 15) is 4.79 Å². The van der Waals surface area contributed by atoms with Crippen LogP contribution < -0.4 is 5.32 Å². The Kier molecular flexibility index (Phi) is 26.5. The van der Waals surface area contributed by atoms with Crippen LogP contribution in [0.1, 0.15) is 5.56 Å². The first-order valence-electron chi connectivity index (χ1n) is 13.6. The Morgan fingerprint density at radius 3 is 1.35 bits per heavy atom. The fourth-order valence-corrected chi connectivity index (χ4v) is 2.83. The number of benzene rings is 1. The van der Waals surface area contributed by atoms with Crippen molar-refractivity contribution in [3.05, 3.63) is 48.7 Å². The van der Waals surface area contributed by atoms with Crippen molar-refractivity contribution < 1.29 is 52.2 Å². The van der Waals surface area contributed by atoms with Crippen LogP contribution in [0.5, 0.6) is 0 Å². The fourth-order valence-electron chi connectivity index (χ4n) is 2.83. The van der Waals surface area contributed by atoms with Gasteiger partial charge in [-0.05, 0) is 5.56 Å². The highest BCUT2D eigenvalue weighted by Crippen LogP contribution is 2.00. The van der Waals surface area contributed by atoms with Gasteiger partial charge in [-0.2, -0.15) is 0 Å². The normalized spacial score (nSPS) is 10.9. The Labute approximate surface area is 238 Å². The van der Waals surface area contributed by atoms with Gasteiger partial charge in [0.2, 0.25) is 0 Å². The van der Waals surface area contributed by atoms with Crippen LogP contribution in [0.3, 0.4) is 0 Å². The summed E-state index contributed by atoms with van der Waals surface area (Å²) in [6.45, 7) is 12.4. The van der Waals surface area contributed by atoms with Crippen LogP contribution in [0, 0.1) is 0 Å². The van der Waals surface area contributed by atoms with E-state index < -0.39 is 6.09 Å². The second-order valence-electron chi connectivity index (χ2n) is 7.92. The van der Waals surface area contributed by atoms with E-state index in [-0.39, 0.29) is 6.61 Å². The topological polar surface area (TPSA) is 121 Å². The van der Waals surface area contributed by atoms with Crippen LogP contribution in [-0.4, -0.2) is 125 Å². The second kappa shape index (κ2) is 29.7. The van der Waals surface area contributed by atoms with E-state index in [1.165, 1.54) is 6.26 Å². The minimum atomic E-state index is -0.467. The number of amides is 1. The van der Waals surface area contributed by atoms with Crippen LogP contribution in [0.25, 0.3) is 0 Å². The molecule has 0 saturated carbocycles. The molecule has 0 aliphatic heterocycles. The molecule has 1 aromatic carbocycles. The predicted molar refractivity (Wildman–Crippen MR) is 147 cm³/mol. The third kappa shape index (κ3) is 26.0. The fraction of sp³-hybridized carbons (Fsp3) is 0.679. The summed E-state index contributed by atoms with van der Waals surface area (Å²) in [5.74, 6) is 0. The molecule has 1 amide bonds. The van der Waals surface area contributed by atoms with Gasteiger partial charge < -0.3 is 52.7 Å². The lowest BCUT2D eigenvalue weighted by atomic mass is 10.2. The largest absolute Gasteiger partial charge is 0.499 e. The summed E-state index contributed by atoms with van der Waals surface area (Å²) in [5, 5.41) is 2.64. The van der Waals surface area contributed by atoms with Crippen LogP contribution in [0.15, 0.2) is 43.2 Å². The molecule has 12 heteroatoms. The molecule has 12 nitrogen and oxygen atoms in total. The molecule has 0 spiro atoms. The molecule has 0 saturated heterocycles. The Balaban J connectivity index is 1.66. The smallest absolute Gasteiger partial charge is 0.407 e. The number of hydrogen-bond acceptors (Lipinski definition) is 11. The number of alkyl carbamates (subject to hydrolysis) is 1. The first kappa shape index (κ1) is 35.7. The molecule has 1 rings (SSSR count). The molecular weight excluding hydrogens is 526 g/mol. The average molecular weight is 574 g/mol. The van der Waals surface area contributed by atoms with E-state index in [4.69, 9.17) is 47.4 Å². The highest BCUT2D eigenvalue weighted by molar-refractivity contribution is 5.67. The molecule has 1 aromatic rings. The molecular formula is C28H47NO11. The van der Waals surface area contributed by atoms with E-state index in [0.717, 1.165) is 5.56 Å². The molecule has 0 aromatic heterocycles. The maximum atomic E-state index is 11.6. The van der Waals surface area contributed by atoms with Gasteiger partial charge in [-0.25, -0.2) is 4.79 Å². The van der Waals surface area contributed by atoms with Crippen molar-refractivity contribution in [2.75, 3.05) is 119 Å². The quantitative estimate of drug-likeness (QED) is 0.108. The predicted octanol–water partition coefficient (Wildman–Crippen LogP) is 2.21. The van der Waals surface area contributed by atoms with Crippen molar-refractivity contribution in [1.29, 1.82) is 0 Å². The number of ether oxygens (including phenoxy) is 10. The van der Waals surface area contributed by atoms with Gasteiger partial charge in [-0.1, -0.05) is 36.9 Å². The average Bonchev–Trinajstić information content (AvgIpc) is 2.98. The zero-order valence-corrected chi connectivity index (χ0v) is 23.6. The minimum absolute atomic E-state index is 0.240. The molecule has 230 valence electrons. The molecule has 0 unspecified atom stereocenters. The summed E-state index contributed by atoms with van der Waals surface area (Å²) in [7, 11) is 0. The second-order valence-corrected chi connectivity index (χ2v) is 7.92. The highest BCUT2D eigenvalue weighted by Gasteiger charge is 2.01. The zero-order valence-electron chi connectivity index (χ0n) is 23.6. The van der Waals surface area contributed by atoms with Crippen molar-refractivity contribution in [1.82, 2.24) is 5.32 Å². The van der Waals surface area contributed by atoms with Gasteiger partial charge in [0.05, 0.1) is 112 Å². The molecule has 0 bridgehead atoms. The number of nitrogens with one attached hydrogen (secondary N) is 1. The van der Waals surface area contributed by atoms with Gasteiger partial charge in [-0.15, -0.1) is 0 Å². The maximum Gasteiger partial charge on any atom is 0.407 e. The molecule has 0 aliphatic rings. The van der Waals surface area contributed by atoms with Gasteiger partial charge in [0.1, 0.15) is 13.2 Å². The van der Waals surface area contributed by atoms with E-state index in [2.05, 4.69) is 11.9 Å². The Bertz CT molecular complexity index is 681. The lowest BCUT2D eigenvalue weighted by molar-refractivity contribution is -0.0238. The molecule has 0 atom stereocenters. The molecule has 1 N–H and O–H groups in total. The van der Waals surface area contributed by atoms with Crippen LogP contribution >= 0.6 is 0 Å². The van der Waals surface area contributed by atoms with Crippen LogP contribution in [0.4, 0.5) is 4.79 Å². The molecule has 0 fully saturated rings. The van der Waals surface area contributed by atoms with Crippen LogP contribution in [0.2, 0.25) is 0 Å². The molecule has 0 aliphatic carbocycles. The Morgan fingerprint density at radius 1 is 0.575 bits per heavy atom. The molecule has 40 heavy (non-hydrogen) atoms. The van der Waals surface area contributed by atoms with Crippen molar-refractivity contribution in [2.24, 2.45) is 0 Å². The van der Waals surface area contributed by atoms with Gasteiger partial charge >= 0.3 is 6.09 Å². The summed E-state index contributed by atoms with van der Waals surface area (Å²) < 4.78 is 53.3. The Hall–Kier alpha value is -2.29. The lowest BCUT2D eigenvalue weighted by Gasteiger charge is -2.09. The van der Waals surface area contributed by atoms with E-state index in [1.807, 2.05) is 30.3 Å². The summed E-state index contributed by atoms with van der Waals surface area (Å²) in [4.78, 5) is 11.6. The number of carbonyl (C=O) groups excluding carboxylic acids is 1.